The lowest BCUT2D eigenvalue weighted by Gasteiger charge is -2.17. The largest absolute Gasteiger partial charge is 0.337 e. The summed E-state index contributed by atoms with van der Waals surface area (Å²) in [6.07, 6.45) is 3.79. The van der Waals surface area contributed by atoms with Gasteiger partial charge in [-0.2, -0.15) is 0 Å². The maximum atomic E-state index is 12.4. The highest BCUT2D eigenvalue weighted by Gasteiger charge is 2.34. The predicted molar refractivity (Wildman–Crippen MR) is 82.9 cm³/mol. The van der Waals surface area contributed by atoms with Crippen molar-refractivity contribution in [3.05, 3.63) is 47.5 Å². The number of anilines is 1. The van der Waals surface area contributed by atoms with Gasteiger partial charge in [-0.25, -0.2) is 4.98 Å². The van der Waals surface area contributed by atoms with Crippen LogP contribution < -0.4 is 10.2 Å². The first-order chi connectivity index (χ1) is 10.6. The monoisotopic (exact) mass is 318 g/mol. The first-order valence-corrected chi connectivity index (χ1v) is 7.29. The van der Waals surface area contributed by atoms with Gasteiger partial charge in [-0.1, -0.05) is 17.7 Å². The summed E-state index contributed by atoms with van der Waals surface area (Å²) in [7, 11) is 1.73. The van der Waals surface area contributed by atoms with Gasteiger partial charge in [0.05, 0.1) is 0 Å². The van der Waals surface area contributed by atoms with E-state index in [1.807, 2.05) is 6.07 Å². The van der Waals surface area contributed by atoms with Crippen LogP contribution in [0.5, 0.6) is 0 Å². The van der Waals surface area contributed by atoms with Gasteiger partial charge in [-0.05, 0) is 24.6 Å². The molecule has 1 unspecified atom stereocenters. The molecule has 1 aromatic carbocycles. The Labute approximate surface area is 132 Å². The summed E-state index contributed by atoms with van der Waals surface area (Å²) in [6, 6.07) is 6.58. The van der Waals surface area contributed by atoms with Gasteiger partial charge in [-0.3, -0.25) is 9.59 Å². The van der Waals surface area contributed by atoms with E-state index in [0.717, 1.165) is 5.69 Å². The molecule has 1 fully saturated rings. The zero-order valence-corrected chi connectivity index (χ0v) is 12.7. The standard InChI is InChI=1S/C15H15ClN4O2/c1-19-8-6-17-13(19)14(21)18-12-5-7-20(15(12)22)11-4-2-3-10(16)9-11/h2-4,6,8-9,12H,5,7H2,1H3,(H,18,21). The van der Waals surface area contributed by atoms with E-state index < -0.39 is 6.04 Å². The molecule has 0 bridgehead atoms. The van der Waals surface area contributed by atoms with Crippen molar-refractivity contribution in [2.45, 2.75) is 12.5 Å². The van der Waals surface area contributed by atoms with Gasteiger partial charge in [0, 0.05) is 36.7 Å². The van der Waals surface area contributed by atoms with Gasteiger partial charge in [0.15, 0.2) is 5.82 Å². The number of hydrogen-bond acceptors (Lipinski definition) is 3. The van der Waals surface area contributed by atoms with E-state index in [4.69, 9.17) is 11.6 Å². The molecule has 1 saturated heterocycles. The number of aromatic nitrogens is 2. The molecule has 1 aromatic heterocycles. The van der Waals surface area contributed by atoms with E-state index in [-0.39, 0.29) is 17.6 Å². The van der Waals surface area contributed by atoms with Crippen molar-refractivity contribution < 1.29 is 9.59 Å². The molecule has 0 saturated carbocycles. The van der Waals surface area contributed by atoms with Crippen LogP contribution in [0.2, 0.25) is 5.02 Å². The Hall–Kier alpha value is -2.34. The fraction of sp³-hybridized carbons (Fsp3) is 0.267. The average molecular weight is 319 g/mol. The lowest BCUT2D eigenvalue weighted by molar-refractivity contribution is -0.118. The summed E-state index contributed by atoms with van der Waals surface area (Å²) in [5, 5.41) is 3.31. The van der Waals surface area contributed by atoms with Crippen molar-refractivity contribution in [1.82, 2.24) is 14.9 Å². The number of carbonyl (C=O) groups excluding carboxylic acids is 2. The van der Waals surface area contributed by atoms with Gasteiger partial charge >= 0.3 is 0 Å². The Bertz CT molecular complexity index is 728. The SMILES string of the molecule is Cn1ccnc1C(=O)NC1CCN(c2cccc(Cl)c2)C1=O. The number of nitrogens with zero attached hydrogens (tertiary/aromatic N) is 3. The summed E-state index contributed by atoms with van der Waals surface area (Å²) < 4.78 is 1.61. The van der Waals surface area contributed by atoms with Crippen molar-refractivity contribution in [1.29, 1.82) is 0 Å². The van der Waals surface area contributed by atoms with E-state index in [0.29, 0.717) is 18.0 Å². The average Bonchev–Trinajstić information content (AvgIpc) is 3.06. The van der Waals surface area contributed by atoms with Crippen molar-refractivity contribution in [3.8, 4) is 0 Å². The second kappa shape index (κ2) is 5.81. The van der Waals surface area contributed by atoms with Crippen LogP contribution in [0.25, 0.3) is 0 Å². The molecule has 1 atom stereocenters. The fourth-order valence-corrected chi connectivity index (χ4v) is 2.71. The third-order valence-corrected chi connectivity index (χ3v) is 3.89. The molecule has 6 nitrogen and oxygen atoms in total. The van der Waals surface area contributed by atoms with E-state index in [1.165, 1.54) is 0 Å². The lowest BCUT2D eigenvalue weighted by Crippen LogP contribution is -2.42. The van der Waals surface area contributed by atoms with Crippen LogP contribution in [-0.2, 0) is 11.8 Å². The van der Waals surface area contributed by atoms with Gasteiger partial charge in [0.2, 0.25) is 5.91 Å². The molecule has 2 aromatic rings. The number of halogens is 1. The normalized spacial score (nSPS) is 17.8. The van der Waals surface area contributed by atoms with E-state index in [9.17, 15) is 9.59 Å². The van der Waals surface area contributed by atoms with Crippen LogP contribution in [0.4, 0.5) is 5.69 Å². The number of hydrogen-bond donors (Lipinski definition) is 1. The molecule has 7 heteroatoms. The summed E-state index contributed by atoms with van der Waals surface area (Å²) in [5.74, 6) is -0.197. The maximum Gasteiger partial charge on any atom is 0.287 e. The van der Waals surface area contributed by atoms with Gasteiger partial charge in [0.25, 0.3) is 5.91 Å². The highest BCUT2D eigenvalue weighted by atomic mass is 35.5. The van der Waals surface area contributed by atoms with E-state index in [2.05, 4.69) is 10.3 Å². The lowest BCUT2D eigenvalue weighted by atomic mass is 10.2. The topological polar surface area (TPSA) is 67.2 Å². The van der Waals surface area contributed by atoms with Crippen LogP contribution in [0, 0.1) is 0 Å². The Morgan fingerprint density at radius 1 is 1.45 bits per heavy atom. The Kier molecular flexibility index (Phi) is 3.85. The second-order valence-corrected chi connectivity index (χ2v) is 5.58. The number of carbonyl (C=O) groups is 2. The van der Waals surface area contributed by atoms with E-state index >= 15 is 0 Å². The molecule has 3 rings (SSSR count). The second-order valence-electron chi connectivity index (χ2n) is 5.15. The van der Waals surface area contributed by atoms with Gasteiger partial charge in [-0.15, -0.1) is 0 Å². The van der Waals surface area contributed by atoms with Crippen LogP contribution >= 0.6 is 11.6 Å². The molecule has 0 aliphatic carbocycles. The molecule has 0 spiro atoms. The molecule has 1 aliphatic rings. The molecule has 1 aliphatic heterocycles. The molecular formula is C15H15ClN4O2. The maximum absolute atomic E-state index is 12.4. The van der Waals surface area contributed by atoms with Crippen molar-refractivity contribution in [2.24, 2.45) is 7.05 Å². The van der Waals surface area contributed by atoms with Gasteiger partial charge < -0.3 is 14.8 Å². The molecule has 2 amide bonds. The smallest absolute Gasteiger partial charge is 0.287 e. The van der Waals surface area contributed by atoms with Crippen LogP contribution in [-0.4, -0.2) is 34.0 Å². The molecule has 2 heterocycles. The van der Waals surface area contributed by atoms with Crippen LogP contribution in [0.1, 0.15) is 17.0 Å². The number of benzene rings is 1. The molecular weight excluding hydrogens is 304 g/mol. The first kappa shape index (κ1) is 14.6. The number of nitrogens with one attached hydrogen (secondary N) is 1. The van der Waals surface area contributed by atoms with Crippen LogP contribution in [0.3, 0.4) is 0 Å². The Morgan fingerprint density at radius 3 is 2.95 bits per heavy atom. The minimum absolute atomic E-state index is 0.134. The van der Waals surface area contributed by atoms with Gasteiger partial charge in [0.1, 0.15) is 6.04 Å². The zero-order valence-electron chi connectivity index (χ0n) is 12.0. The molecule has 1 N–H and O–H groups in total. The summed E-state index contributed by atoms with van der Waals surface area (Å²) in [6.45, 7) is 0.546. The molecule has 22 heavy (non-hydrogen) atoms. The highest BCUT2D eigenvalue weighted by Crippen LogP contribution is 2.24. The minimum Gasteiger partial charge on any atom is -0.337 e. The van der Waals surface area contributed by atoms with Crippen molar-refractivity contribution >= 4 is 29.1 Å². The number of imidazole rings is 1. The summed E-state index contributed by atoms with van der Waals surface area (Å²) >= 11 is 5.96. The van der Waals surface area contributed by atoms with Crippen LogP contribution in [0.15, 0.2) is 36.7 Å². The van der Waals surface area contributed by atoms with Crippen molar-refractivity contribution in [3.63, 3.8) is 0 Å². The fourth-order valence-electron chi connectivity index (χ4n) is 2.52. The molecule has 0 radical (unpaired) electrons. The zero-order chi connectivity index (χ0) is 15.7. The van der Waals surface area contributed by atoms with Crippen molar-refractivity contribution in [2.75, 3.05) is 11.4 Å². The first-order valence-electron chi connectivity index (χ1n) is 6.91. The molecule has 114 valence electrons. The summed E-state index contributed by atoms with van der Waals surface area (Å²) in [4.78, 5) is 30.2. The summed E-state index contributed by atoms with van der Waals surface area (Å²) in [5.41, 5.74) is 0.742. The minimum atomic E-state index is -0.539. The Balaban J connectivity index is 1.72. The van der Waals surface area contributed by atoms with E-state index in [1.54, 1.807) is 47.1 Å². The highest BCUT2D eigenvalue weighted by molar-refractivity contribution is 6.31. The predicted octanol–water partition coefficient (Wildman–Crippen LogP) is 1.61. The number of rotatable bonds is 3. The third-order valence-electron chi connectivity index (χ3n) is 3.65. The quantitative estimate of drug-likeness (QED) is 0.935. The third kappa shape index (κ3) is 2.69. The number of aryl methyl sites for hydroxylation is 1. The Morgan fingerprint density at radius 2 is 2.27 bits per heavy atom. The number of amides is 2.